The highest BCUT2D eigenvalue weighted by molar-refractivity contribution is 6.00. The normalized spacial score (nSPS) is 22.0. The van der Waals surface area contributed by atoms with Gasteiger partial charge in [0.1, 0.15) is 0 Å². The predicted octanol–water partition coefficient (Wildman–Crippen LogP) is 3.38. The van der Waals surface area contributed by atoms with Gasteiger partial charge in [0, 0.05) is 36.9 Å². The number of carbonyl (C=O) groups is 1. The average Bonchev–Trinajstić information content (AvgIpc) is 3.19. The van der Waals surface area contributed by atoms with E-state index in [0.717, 1.165) is 31.1 Å². The van der Waals surface area contributed by atoms with Crippen molar-refractivity contribution >= 4 is 11.6 Å². The first kappa shape index (κ1) is 13.2. The van der Waals surface area contributed by atoms with Crippen molar-refractivity contribution in [3.05, 3.63) is 28.8 Å². The van der Waals surface area contributed by atoms with Crippen molar-refractivity contribution in [1.82, 2.24) is 4.90 Å². The van der Waals surface area contributed by atoms with Gasteiger partial charge >= 0.3 is 0 Å². The van der Waals surface area contributed by atoms with Gasteiger partial charge in [-0.3, -0.25) is 4.79 Å². The molecule has 112 valence electrons. The van der Waals surface area contributed by atoms with Crippen LogP contribution in [-0.4, -0.2) is 29.9 Å². The van der Waals surface area contributed by atoms with Crippen molar-refractivity contribution in [2.45, 2.75) is 52.1 Å². The highest BCUT2D eigenvalue weighted by Gasteiger charge is 2.37. The molecule has 4 rings (SSSR count). The minimum atomic E-state index is 0.234. The molecule has 3 nitrogen and oxygen atoms in total. The summed E-state index contributed by atoms with van der Waals surface area (Å²) in [7, 11) is 0. The molecule has 0 spiro atoms. The second-order valence-corrected chi connectivity index (χ2v) is 7.37. The predicted molar refractivity (Wildman–Crippen MR) is 84.8 cm³/mol. The van der Waals surface area contributed by atoms with Crippen molar-refractivity contribution in [2.75, 3.05) is 18.0 Å². The van der Waals surface area contributed by atoms with Gasteiger partial charge in [0.2, 0.25) is 0 Å². The number of anilines is 1. The van der Waals surface area contributed by atoms with Gasteiger partial charge in [-0.2, -0.15) is 0 Å². The van der Waals surface area contributed by atoms with Crippen molar-refractivity contribution in [3.8, 4) is 0 Å². The molecule has 1 aromatic rings. The Morgan fingerprint density at radius 2 is 1.90 bits per heavy atom. The molecule has 0 atom stereocenters. The third-order valence-electron chi connectivity index (χ3n) is 5.16. The van der Waals surface area contributed by atoms with E-state index in [2.05, 4.69) is 37.8 Å². The molecule has 3 aliphatic rings. The van der Waals surface area contributed by atoms with Gasteiger partial charge in [0.15, 0.2) is 0 Å². The van der Waals surface area contributed by atoms with Crippen molar-refractivity contribution in [2.24, 2.45) is 5.92 Å². The zero-order chi connectivity index (χ0) is 14.7. The maximum Gasteiger partial charge on any atom is 0.254 e. The number of nitrogens with zero attached hydrogens (tertiary/aromatic N) is 2. The third kappa shape index (κ3) is 2.05. The summed E-state index contributed by atoms with van der Waals surface area (Å²) in [6.07, 6.45) is 2.59. The van der Waals surface area contributed by atoms with Crippen LogP contribution in [0.5, 0.6) is 0 Å². The summed E-state index contributed by atoms with van der Waals surface area (Å²) in [6, 6.07) is 4.81. The van der Waals surface area contributed by atoms with E-state index in [-0.39, 0.29) is 11.9 Å². The maximum atomic E-state index is 12.7. The van der Waals surface area contributed by atoms with Gasteiger partial charge < -0.3 is 9.80 Å². The molecular weight excluding hydrogens is 260 g/mol. The Kier molecular flexibility index (Phi) is 2.82. The van der Waals surface area contributed by atoms with Gasteiger partial charge in [0.05, 0.1) is 0 Å². The van der Waals surface area contributed by atoms with Crippen LogP contribution in [0.2, 0.25) is 0 Å². The number of benzene rings is 1. The molecule has 0 aromatic heterocycles. The molecule has 1 saturated carbocycles. The Morgan fingerprint density at radius 3 is 2.48 bits per heavy atom. The third-order valence-corrected chi connectivity index (χ3v) is 5.16. The van der Waals surface area contributed by atoms with E-state index in [9.17, 15) is 4.79 Å². The van der Waals surface area contributed by atoms with E-state index < -0.39 is 0 Å². The summed E-state index contributed by atoms with van der Waals surface area (Å²) in [6.45, 7) is 9.58. The molecule has 21 heavy (non-hydrogen) atoms. The molecule has 2 aliphatic heterocycles. The molecule has 3 heteroatoms. The summed E-state index contributed by atoms with van der Waals surface area (Å²) < 4.78 is 0. The average molecular weight is 284 g/mol. The van der Waals surface area contributed by atoms with E-state index in [1.54, 1.807) is 0 Å². The Bertz CT molecular complexity index is 597. The molecule has 0 N–H and O–H groups in total. The molecule has 0 bridgehead atoms. The highest BCUT2D eigenvalue weighted by Crippen LogP contribution is 2.46. The van der Waals surface area contributed by atoms with Crippen LogP contribution in [0.1, 0.15) is 61.0 Å². The Labute approximate surface area is 126 Å². The largest absolute Gasteiger partial charge is 0.371 e. The van der Waals surface area contributed by atoms with E-state index in [1.807, 2.05) is 4.90 Å². The fraction of sp³-hybridized carbons (Fsp3) is 0.611. The first-order valence-electron chi connectivity index (χ1n) is 8.27. The Balaban J connectivity index is 1.75. The van der Waals surface area contributed by atoms with Crippen molar-refractivity contribution in [1.29, 1.82) is 0 Å². The van der Waals surface area contributed by atoms with Crippen LogP contribution < -0.4 is 4.90 Å². The van der Waals surface area contributed by atoms with Crippen LogP contribution in [0.15, 0.2) is 12.1 Å². The summed E-state index contributed by atoms with van der Waals surface area (Å²) in [5.74, 6) is 1.72. The smallest absolute Gasteiger partial charge is 0.254 e. The number of amides is 1. The number of fused-ring (bicyclic) bond motifs is 1. The Morgan fingerprint density at radius 1 is 1.19 bits per heavy atom. The summed E-state index contributed by atoms with van der Waals surface area (Å²) in [4.78, 5) is 17.1. The quantitative estimate of drug-likeness (QED) is 0.849. The van der Waals surface area contributed by atoms with E-state index in [0.29, 0.717) is 5.92 Å². The van der Waals surface area contributed by atoms with E-state index in [1.165, 1.54) is 29.7 Å². The van der Waals surface area contributed by atoms with Crippen molar-refractivity contribution < 1.29 is 4.79 Å². The second kappa shape index (κ2) is 4.49. The number of hydrogen-bond acceptors (Lipinski definition) is 2. The molecule has 1 amide bonds. The molecular formula is C18H24N2O. The number of hydrogen-bond donors (Lipinski definition) is 0. The first-order valence-corrected chi connectivity index (χ1v) is 8.27. The summed E-state index contributed by atoms with van der Waals surface area (Å²) in [5.41, 5.74) is 5.02. The molecule has 2 fully saturated rings. The van der Waals surface area contributed by atoms with E-state index in [4.69, 9.17) is 0 Å². The van der Waals surface area contributed by atoms with Crippen LogP contribution in [0.25, 0.3) is 0 Å². The fourth-order valence-electron chi connectivity index (χ4n) is 3.71. The van der Waals surface area contributed by atoms with Gasteiger partial charge in [-0.05, 0) is 61.8 Å². The molecule has 0 unspecified atom stereocenters. The monoisotopic (exact) mass is 284 g/mol. The van der Waals surface area contributed by atoms with Gasteiger partial charge in [-0.1, -0.05) is 6.92 Å². The van der Waals surface area contributed by atoms with Gasteiger partial charge in [0.25, 0.3) is 5.91 Å². The topological polar surface area (TPSA) is 23.6 Å². The lowest BCUT2D eigenvalue weighted by Gasteiger charge is -2.39. The van der Waals surface area contributed by atoms with E-state index >= 15 is 0 Å². The zero-order valence-electron chi connectivity index (χ0n) is 13.2. The second-order valence-electron chi connectivity index (χ2n) is 7.37. The lowest BCUT2D eigenvalue weighted by Crippen LogP contribution is -2.45. The summed E-state index contributed by atoms with van der Waals surface area (Å²) >= 11 is 0. The summed E-state index contributed by atoms with van der Waals surface area (Å²) in [5, 5.41) is 0. The van der Waals surface area contributed by atoms with Crippen molar-refractivity contribution in [3.63, 3.8) is 0 Å². The minimum Gasteiger partial charge on any atom is -0.371 e. The number of rotatable bonds is 3. The number of carbonyl (C=O) groups excluding carboxylic acids is 1. The lowest BCUT2D eigenvalue weighted by atomic mass is 9.95. The SMILES string of the molecule is CC1CN(c2cc3c(c(C4CC4)c2)CN(C(C)C)C3=O)C1. The first-order chi connectivity index (χ1) is 10.0. The van der Waals surface area contributed by atoms with Crippen LogP contribution in [-0.2, 0) is 6.54 Å². The zero-order valence-corrected chi connectivity index (χ0v) is 13.2. The molecule has 2 heterocycles. The standard InChI is InChI=1S/C18H24N2O/c1-11(2)20-10-17-15(13-4-5-13)6-14(7-16(17)18(20)21)19-8-12(3)9-19/h6-7,11-13H,4-5,8-10H2,1-3H3. The molecule has 0 radical (unpaired) electrons. The maximum absolute atomic E-state index is 12.7. The fourth-order valence-corrected chi connectivity index (χ4v) is 3.71. The van der Waals surface area contributed by atoms with Crippen LogP contribution in [0.3, 0.4) is 0 Å². The van der Waals surface area contributed by atoms with Crippen LogP contribution >= 0.6 is 0 Å². The minimum absolute atomic E-state index is 0.234. The van der Waals surface area contributed by atoms with Gasteiger partial charge in [-0.25, -0.2) is 0 Å². The Hall–Kier alpha value is -1.51. The van der Waals surface area contributed by atoms with Crippen LogP contribution in [0, 0.1) is 5.92 Å². The van der Waals surface area contributed by atoms with Gasteiger partial charge in [-0.15, -0.1) is 0 Å². The highest BCUT2D eigenvalue weighted by atomic mass is 16.2. The molecule has 1 aromatic carbocycles. The lowest BCUT2D eigenvalue weighted by molar-refractivity contribution is 0.0730. The molecule has 1 aliphatic carbocycles. The van der Waals surface area contributed by atoms with Crippen LogP contribution in [0.4, 0.5) is 5.69 Å². The molecule has 1 saturated heterocycles.